The molecule has 1 aliphatic heterocycles. The molecule has 0 aliphatic carbocycles. The third-order valence-corrected chi connectivity index (χ3v) is 4.45. The molecule has 24 heavy (non-hydrogen) atoms. The van der Waals surface area contributed by atoms with Gasteiger partial charge in [-0.1, -0.05) is 5.16 Å². The standard InChI is InChI=1S/C18H24N2O4/c1-12-8-15(24-19-12)14-6-5-7-20(14)11-13-9-16(21-2)18(23-4)17(10-13)22-3/h8-10,14H,5-7,11H2,1-4H3/t14-/m0/s1. The molecule has 1 aromatic carbocycles. The van der Waals surface area contributed by atoms with Crippen molar-refractivity contribution >= 4 is 0 Å². The Balaban J connectivity index is 1.84. The molecule has 130 valence electrons. The van der Waals surface area contributed by atoms with Crippen molar-refractivity contribution in [2.24, 2.45) is 0 Å². The van der Waals surface area contributed by atoms with Crippen LogP contribution in [0.1, 0.15) is 35.9 Å². The van der Waals surface area contributed by atoms with Crippen LogP contribution in [-0.2, 0) is 6.54 Å². The molecule has 0 unspecified atom stereocenters. The lowest BCUT2D eigenvalue weighted by Gasteiger charge is -2.23. The first kappa shape index (κ1) is 16.6. The van der Waals surface area contributed by atoms with Crippen LogP contribution in [0, 0.1) is 6.92 Å². The van der Waals surface area contributed by atoms with Crippen molar-refractivity contribution in [1.29, 1.82) is 0 Å². The summed E-state index contributed by atoms with van der Waals surface area (Å²) in [4.78, 5) is 2.40. The van der Waals surface area contributed by atoms with E-state index in [1.165, 1.54) is 0 Å². The Morgan fingerprint density at radius 1 is 1.12 bits per heavy atom. The summed E-state index contributed by atoms with van der Waals surface area (Å²) in [5.41, 5.74) is 2.04. The summed E-state index contributed by atoms with van der Waals surface area (Å²) in [6.45, 7) is 3.77. The number of hydrogen-bond acceptors (Lipinski definition) is 6. The van der Waals surface area contributed by atoms with E-state index >= 15 is 0 Å². The van der Waals surface area contributed by atoms with E-state index in [9.17, 15) is 0 Å². The molecule has 1 fully saturated rings. The second-order valence-electron chi connectivity index (χ2n) is 6.03. The van der Waals surface area contributed by atoms with E-state index in [2.05, 4.69) is 10.1 Å². The summed E-state index contributed by atoms with van der Waals surface area (Å²) < 4.78 is 21.8. The molecule has 2 aromatic rings. The quantitative estimate of drug-likeness (QED) is 0.808. The van der Waals surface area contributed by atoms with Gasteiger partial charge < -0.3 is 18.7 Å². The fourth-order valence-electron chi connectivity index (χ4n) is 3.34. The molecule has 6 heteroatoms. The van der Waals surface area contributed by atoms with Crippen molar-refractivity contribution in [3.05, 3.63) is 35.2 Å². The van der Waals surface area contributed by atoms with Crippen molar-refractivity contribution in [2.75, 3.05) is 27.9 Å². The highest BCUT2D eigenvalue weighted by Crippen LogP contribution is 2.40. The molecule has 6 nitrogen and oxygen atoms in total. The number of benzene rings is 1. The van der Waals surface area contributed by atoms with Crippen LogP contribution in [0.3, 0.4) is 0 Å². The molecule has 0 spiro atoms. The van der Waals surface area contributed by atoms with Crippen molar-refractivity contribution in [1.82, 2.24) is 10.1 Å². The van der Waals surface area contributed by atoms with Gasteiger partial charge in [-0.15, -0.1) is 0 Å². The van der Waals surface area contributed by atoms with Gasteiger partial charge in [0.05, 0.1) is 33.1 Å². The minimum absolute atomic E-state index is 0.269. The Morgan fingerprint density at radius 3 is 2.38 bits per heavy atom. The second-order valence-corrected chi connectivity index (χ2v) is 6.03. The highest BCUT2D eigenvalue weighted by molar-refractivity contribution is 5.53. The van der Waals surface area contributed by atoms with E-state index in [0.29, 0.717) is 17.2 Å². The van der Waals surface area contributed by atoms with Gasteiger partial charge in [0, 0.05) is 12.6 Å². The SMILES string of the molecule is COc1cc(CN2CCC[C@H]2c2cc(C)no2)cc(OC)c1OC. The maximum atomic E-state index is 5.48. The molecule has 1 aromatic heterocycles. The fourth-order valence-corrected chi connectivity index (χ4v) is 3.34. The van der Waals surface area contributed by atoms with Gasteiger partial charge in [0.1, 0.15) is 0 Å². The maximum Gasteiger partial charge on any atom is 0.203 e. The third-order valence-electron chi connectivity index (χ3n) is 4.45. The average Bonchev–Trinajstić information content (AvgIpc) is 3.22. The van der Waals surface area contributed by atoms with Gasteiger partial charge >= 0.3 is 0 Å². The number of likely N-dealkylation sites (tertiary alicyclic amines) is 1. The van der Waals surface area contributed by atoms with Crippen LogP contribution in [-0.4, -0.2) is 37.9 Å². The molecule has 2 heterocycles. The Hall–Kier alpha value is -2.21. The van der Waals surface area contributed by atoms with E-state index < -0.39 is 0 Å². The monoisotopic (exact) mass is 332 g/mol. The molecular formula is C18H24N2O4. The normalized spacial score (nSPS) is 17.9. The number of methoxy groups -OCH3 is 3. The lowest BCUT2D eigenvalue weighted by molar-refractivity contribution is 0.206. The van der Waals surface area contributed by atoms with Gasteiger partial charge in [0.25, 0.3) is 0 Å². The van der Waals surface area contributed by atoms with Gasteiger partial charge in [-0.25, -0.2) is 0 Å². The zero-order valence-electron chi connectivity index (χ0n) is 14.7. The minimum atomic E-state index is 0.269. The van der Waals surface area contributed by atoms with Crippen molar-refractivity contribution in [3.63, 3.8) is 0 Å². The molecule has 1 atom stereocenters. The summed E-state index contributed by atoms with van der Waals surface area (Å²) in [6.07, 6.45) is 2.23. The number of aromatic nitrogens is 1. The van der Waals surface area contributed by atoms with Crippen molar-refractivity contribution in [2.45, 2.75) is 32.4 Å². The second kappa shape index (κ2) is 7.13. The van der Waals surface area contributed by atoms with Crippen LogP contribution in [0.25, 0.3) is 0 Å². The molecule has 0 amide bonds. The molecule has 0 saturated carbocycles. The van der Waals surface area contributed by atoms with E-state index in [1.54, 1.807) is 21.3 Å². The largest absolute Gasteiger partial charge is 0.493 e. The van der Waals surface area contributed by atoms with E-state index in [-0.39, 0.29) is 6.04 Å². The zero-order chi connectivity index (χ0) is 17.1. The van der Waals surface area contributed by atoms with Crippen molar-refractivity contribution < 1.29 is 18.7 Å². The number of rotatable bonds is 6. The Kier molecular flexibility index (Phi) is 4.94. The zero-order valence-corrected chi connectivity index (χ0v) is 14.7. The van der Waals surface area contributed by atoms with Crippen molar-refractivity contribution in [3.8, 4) is 17.2 Å². The van der Waals surface area contributed by atoms with Gasteiger partial charge in [-0.2, -0.15) is 0 Å². The smallest absolute Gasteiger partial charge is 0.203 e. The van der Waals surface area contributed by atoms with Crippen LogP contribution in [0.4, 0.5) is 0 Å². The lowest BCUT2D eigenvalue weighted by Crippen LogP contribution is -2.22. The van der Waals surface area contributed by atoms with E-state index in [0.717, 1.165) is 42.9 Å². The Morgan fingerprint density at radius 2 is 1.83 bits per heavy atom. The van der Waals surface area contributed by atoms with E-state index in [1.807, 2.05) is 25.1 Å². The number of nitrogens with zero attached hydrogens (tertiary/aromatic N) is 2. The third kappa shape index (κ3) is 3.19. The van der Waals surface area contributed by atoms with Crippen LogP contribution in [0.5, 0.6) is 17.2 Å². The summed E-state index contributed by atoms with van der Waals surface area (Å²) in [5, 5.41) is 4.02. The molecule has 0 bridgehead atoms. The maximum absolute atomic E-state index is 5.48. The number of hydrogen-bond donors (Lipinski definition) is 0. The molecule has 0 N–H and O–H groups in total. The summed E-state index contributed by atoms with van der Waals surface area (Å²) in [5.74, 6) is 2.92. The Labute approximate surface area is 142 Å². The molecular weight excluding hydrogens is 308 g/mol. The summed E-state index contributed by atoms with van der Waals surface area (Å²) >= 11 is 0. The van der Waals surface area contributed by atoms with Gasteiger partial charge in [-0.05, 0) is 44.0 Å². The molecule has 0 radical (unpaired) electrons. The van der Waals surface area contributed by atoms with Gasteiger partial charge in [0.15, 0.2) is 17.3 Å². The first-order valence-electron chi connectivity index (χ1n) is 8.12. The van der Waals surface area contributed by atoms with E-state index in [4.69, 9.17) is 18.7 Å². The Bertz CT molecular complexity index is 673. The predicted molar refractivity (Wildman–Crippen MR) is 89.7 cm³/mol. The molecule has 1 aliphatic rings. The van der Waals surface area contributed by atoms with Gasteiger partial charge in [-0.3, -0.25) is 4.90 Å². The summed E-state index contributed by atoms with van der Waals surface area (Å²) in [7, 11) is 4.89. The minimum Gasteiger partial charge on any atom is -0.493 e. The predicted octanol–water partition coefficient (Wildman–Crippen LogP) is 3.35. The van der Waals surface area contributed by atoms with Gasteiger partial charge in [0.2, 0.25) is 5.75 Å². The lowest BCUT2D eigenvalue weighted by atomic mass is 10.1. The summed E-state index contributed by atoms with van der Waals surface area (Å²) in [6, 6.07) is 6.30. The molecule has 1 saturated heterocycles. The topological polar surface area (TPSA) is 57.0 Å². The van der Waals surface area contributed by atoms with Crippen LogP contribution in [0.15, 0.2) is 22.7 Å². The average molecular weight is 332 g/mol. The highest BCUT2D eigenvalue weighted by Gasteiger charge is 2.29. The number of aryl methyl sites for hydroxylation is 1. The first-order chi connectivity index (χ1) is 11.7. The van der Waals surface area contributed by atoms with Crippen LogP contribution in [0.2, 0.25) is 0 Å². The molecule has 3 rings (SSSR count). The fraction of sp³-hybridized carbons (Fsp3) is 0.500. The number of ether oxygens (including phenoxy) is 3. The first-order valence-corrected chi connectivity index (χ1v) is 8.12. The van der Waals surface area contributed by atoms with Crippen LogP contribution < -0.4 is 14.2 Å². The van der Waals surface area contributed by atoms with Crippen LogP contribution >= 0.6 is 0 Å². The highest BCUT2D eigenvalue weighted by atomic mass is 16.5.